The highest BCUT2D eigenvalue weighted by molar-refractivity contribution is 5.89. The fraction of sp³-hybridized carbons (Fsp3) is 0.238. The first-order valence-corrected chi connectivity index (χ1v) is 9.39. The molecule has 2 aromatic carbocycles. The number of amides is 2. The van der Waals surface area contributed by atoms with Gasteiger partial charge >= 0.3 is 6.03 Å². The summed E-state index contributed by atoms with van der Waals surface area (Å²) in [6.07, 6.45) is 0. The molecule has 0 atom stereocenters. The first-order chi connectivity index (χ1) is 14.1. The molecule has 2 heterocycles. The second kappa shape index (κ2) is 8.12. The molecule has 0 saturated carbocycles. The zero-order valence-corrected chi connectivity index (χ0v) is 15.8. The Morgan fingerprint density at radius 3 is 2.72 bits per heavy atom. The van der Waals surface area contributed by atoms with Crippen LogP contribution >= 0.6 is 0 Å². The Hall–Kier alpha value is -3.70. The minimum Gasteiger partial charge on any atom is -0.322 e. The monoisotopic (exact) mass is 388 g/mol. The normalized spacial score (nSPS) is 14.5. The number of nitrogens with zero attached hydrogens (tertiary/aromatic N) is 4. The van der Waals surface area contributed by atoms with Crippen molar-refractivity contribution in [3.63, 3.8) is 0 Å². The van der Waals surface area contributed by atoms with Gasteiger partial charge in [0.2, 0.25) is 0 Å². The molecular weight excluding hydrogens is 368 g/mol. The Balaban J connectivity index is 1.35. The number of carbonyl (C=O) groups excluding carboxylic acids is 1. The van der Waals surface area contributed by atoms with Crippen LogP contribution in [0.5, 0.6) is 0 Å². The van der Waals surface area contributed by atoms with E-state index >= 15 is 0 Å². The Bertz CT molecular complexity index is 1140. The van der Waals surface area contributed by atoms with E-state index in [4.69, 9.17) is 5.26 Å². The topological polar surface area (TPSA) is 105 Å². The number of rotatable bonds is 3. The van der Waals surface area contributed by atoms with Crippen LogP contribution in [0.1, 0.15) is 11.4 Å². The highest BCUT2D eigenvalue weighted by Crippen LogP contribution is 2.13. The molecule has 3 aromatic rings. The third-order valence-corrected chi connectivity index (χ3v) is 4.94. The summed E-state index contributed by atoms with van der Waals surface area (Å²) in [6, 6.07) is 16.0. The van der Waals surface area contributed by atoms with Gasteiger partial charge in [0, 0.05) is 31.9 Å². The number of carbonyl (C=O) groups is 1. The lowest BCUT2D eigenvalue weighted by molar-refractivity contribution is 0.141. The van der Waals surface area contributed by atoms with Crippen LogP contribution in [0.15, 0.2) is 53.3 Å². The van der Waals surface area contributed by atoms with E-state index in [1.54, 1.807) is 35.2 Å². The lowest BCUT2D eigenvalue weighted by atomic mass is 10.2. The van der Waals surface area contributed by atoms with Crippen molar-refractivity contribution in [1.29, 1.82) is 5.26 Å². The fourth-order valence-electron chi connectivity index (χ4n) is 3.40. The number of aromatic nitrogens is 2. The van der Waals surface area contributed by atoms with Crippen LogP contribution in [0.2, 0.25) is 0 Å². The molecule has 0 spiro atoms. The molecule has 1 aliphatic heterocycles. The first-order valence-electron chi connectivity index (χ1n) is 9.39. The number of anilines is 1. The van der Waals surface area contributed by atoms with E-state index in [0.717, 1.165) is 0 Å². The average Bonchev–Trinajstić information content (AvgIpc) is 2.74. The Morgan fingerprint density at radius 1 is 1.14 bits per heavy atom. The molecule has 0 aliphatic carbocycles. The van der Waals surface area contributed by atoms with Crippen molar-refractivity contribution >= 4 is 22.6 Å². The summed E-state index contributed by atoms with van der Waals surface area (Å²) in [5.74, 6) is 0.625. The van der Waals surface area contributed by atoms with Crippen LogP contribution in [-0.4, -0.2) is 52.0 Å². The summed E-state index contributed by atoms with van der Waals surface area (Å²) in [5.41, 5.74) is 1.66. The van der Waals surface area contributed by atoms with Gasteiger partial charge in [0.25, 0.3) is 5.56 Å². The zero-order chi connectivity index (χ0) is 20.2. The number of nitrogens with one attached hydrogen (secondary N) is 2. The van der Waals surface area contributed by atoms with Gasteiger partial charge in [-0.1, -0.05) is 18.2 Å². The van der Waals surface area contributed by atoms with E-state index in [1.807, 2.05) is 18.2 Å². The summed E-state index contributed by atoms with van der Waals surface area (Å²) in [4.78, 5) is 36.0. The highest BCUT2D eigenvalue weighted by Gasteiger charge is 2.22. The predicted molar refractivity (Wildman–Crippen MR) is 109 cm³/mol. The molecule has 0 bridgehead atoms. The van der Waals surface area contributed by atoms with Gasteiger partial charge in [0.1, 0.15) is 5.82 Å². The van der Waals surface area contributed by atoms with E-state index in [1.165, 1.54) is 0 Å². The van der Waals surface area contributed by atoms with Gasteiger partial charge in [-0.2, -0.15) is 5.26 Å². The summed E-state index contributed by atoms with van der Waals surface area (Å²) in [5, 5.41) is 12.4. The van der Waals surface area contributed by atoms with Crippen LogP contribution in [0.3, 0.4) is 0 Å². The zero-order valence-electron chi connectivity index (χ0n) is 15.8. The quantitative estimate of drug-likeness (QED) is 0.715. The van der Waals surface area contributed by atoms with Crippen molar-refractivity contribution in [3.05, 3.63) is 70.3 Å². The number of piperazine rings is 1. The van der Waals surface area contributed by atoms with Crippen molar-refractivity contribution in [1.82, 2.24) is 19.8 Å². The summed E-state index contributed by atoms with van der Waals surface area (Å²) < 4.78 is 0. The number of fused-ring (bicyclic) bond motifs is 1. The molecule has 29 heavy (non-hydrogen) atoms. The number of hydrogen-bond acceptors (Lipinski definition) is 5. The Morgan fingerprint density at radius 2 is 1.93 bits per heavy atom. The van der Waals surface area contributed by atoms with Gasteiger partial charge in [-0.25, -0.2) is 9.78 Å². The second-order valence-electron chi connectivity index (χ2n) is 6.92. The molecule has 2 N–H and O–H groups in total. The lowest BCUT2D eigenvalue weighted by Crippen LogP contribution is -2.49. The largest absolute Gasteiger partial charge is 0.322 e. The van der Waals surface area contributed by atoms with E-state index < -0.39 is 0 Å². The Labute approximate surface area is 167 Å². The molecule has 1 aliphatic rings. The molecule has 2 amide bonds. The van der Waals surface area contributed by atoms with Gasteiger partial charge in [-0.15, -0.1) is 0 Å². The van der Waals surface area contributed by atoms with Gasteiger partial charge in [-0.05, 0) is 30.3 Å². The predicted octanol–water partition coefficient (Wildman–Crippen LogP) is 2.14. The van der Waals surface area contributed by atoms with E-state index in [-0.39, 0.29) is 11.6 Å². The molecule has 0 unspecified atom stereocenters. The van der Waals surface area contributed by atoms with Gasteiger partial charge in [-0.3, -0.25) is 9.69 Å². The van der Waals surface area contributed by atoms with Crippen molar-refractivity contribution in [2.75, 3.05) is 31.5 Å². The molecule has 1 saturated heterocycles. The smallest absolute Gasteiger partial charge is 0.321 e. The number of urea groups is 1. The molecule has 8 heteroatoms. The number of aromatic amines is 1. The minimum atomic E-state index is -0.183. The van der Waals surface area contributed by atoms with Crippen molar-refractivity contribution in [2.45, 2.75) is 6.54 Å². The summed E-state index contributed by atoms with van der Waals surface area (Å²) >= 11 is 0. The molecule has 1 fully saturated rings. The maximum atomic E-state index is 12.5. The molecule has 146 valence electrons. The van der Waals surface area contributed by atoms with Crippen LogP contribution in [0, 0.1) is 11.3 Å². The van der Waals surface area contributed by atoms with E-state index in [9.17, 15) is 9.59 Å². The van der Waals surface area contributed by atoms with Gasteiger partial charge < -0.3 is 15.2 Å². The molecular formula is C21H20N6O2. The summed E-state index contributed by atoms with van der Waals surface area (Å²) in [6.45, 7) is 3.04. The van der Waals surface area contributed by atoms with Crippen molar-refractivity contribution < 1.29 is 4.79 Å². The number of nitriles is 1. The van der Waals surface area contributed by atoms with Crippen LogP contribution in [-0.2, 0) is 6.54 Å². The number of H-pyrrole nitrogens is 1. The molecule has 0 radical (unpaired) electrons. The third-order valence-electron chi connectivity index (χ3n) is 4.94. The minimum absolute atomic E-state index is 0.136. The third kappa shape index (κ3) is 4.25. The van der Waals surface area contributed by atoms with Crippen molar-refractivity contribution in [3.8, 4) is 6.07 Å². The number of hydrogen-bond donors (Lipinski definition) is 2. The van der Waals surface area contributed by atoms with Crippen LogP contribution in [0.4, 0.5) is 10.5 Å². The fourth-order valence-corrected chi connectivity index (χ4v) is 3.40. The average molecular weight is 388 g/mol. The highest BCUT2D eigenvalue weighted by atomic mass is 16.2. The first kappa shape index (κ1) is 18.7. The van der Waals surface area contributed by atoms with Gasteiger partial charge in [0.05, 0.1) is 29.1 Å². The maximum absolute atomic E-state index is 12.5. The molecule has 1 aromatic heterocycles. The van der Waals surface area contributed by atoms with E-state index in [2.05, 4.69) is 26.3 Å². The second-order valence-corrected chi connectivity index (χ2v) is 6.92. The van der Waals surface area contributed by atoms with Crippen LogP contribution < -0.4 is 10.9 Å². The summed E-state index contributed by atoms with van der Waals surface area (Å²) in [7, 11) is 0. The SMILES string of the molecule is N#Cc1cccc(NC(=O)N2CCN(Cc3nc4ccccc4c(=O)[nH]3)CC2)c1. The van der Waals surface area contributed by atoms with E-state index in [0.29, 0.717) is 60.7 Å². The number of para-hydroxylation sites is 1. The molecule has 4 rings (SSSR count). The number of benzene rings is 2. The van der Waals surface area contributed by atoms with Crippen LogP contribution in [0.25, 0.3) is 10.9 Å². The molecule has 8 nitrogen and oxygen atoms in total. The van der Waals surface area contributed by atoms with Gasteiger partial charge in [0.15, 0.2) is 0 Å². The Kier molecular flexibility index (Phi) is 5.22. The lowest BCUT2D eigenvalue weighted by Gasteiger charge is -2.34. The standard InChI is InChI=1S/C21H20N6O2/c22-13-15-4-3-5-16(12-15)23-21(29)27-10-8-26(9-11-27)14-19-24-18-7-2-1-6-17(18)20(28)25-19/h1-7,12H,8-11,14H2,(H,23,29)(H,24,25,28). The maximum Gasteiger partial charge on any atom is 0.321 e. The van der Waals surface area contributed by atoms with Crippen molar-refractivity contribution in [2.24, 2.45) is 0 Å².